The first kappa shape index (κ1) is 19.7. The highest BCUT2D eigenvalue weighted by molar-refractivity contribution is 6.31. The van der Waals surface area contributed by atoms with Crippen molar-refractivity contribution in [3.8, 4) is 5.75 Å². The van der Waals surface area contributed by atoms with E-state index in [1.54, 1.807) is 11.0 Å². The van der Waals surface area contributed by atoms with Gasteiger partial charge >= 0.3 is 0 Å². The highest BCUT2D eigenvalue weighted by atomic mass is 35.5. The number of aryl methyl sites for hydroxylation is 1. The molecule has 0 bridgehead atoms. The summed E-state index contributed by atoms with van der Waals surface area (Å²) in [5.74, 6) is 0.973. The van der Waals surface area contributed by atoms with E-state index < -0.39 is 0 Å². The minimum atomic E-state index is 0.0474. The smallest absolute Gasteiger partial charge is 0.279 e. The summed E-state index contributed by atoms with van der Waals surface area (Å²) in [6.07, 6.45) is 0. The monoisotopic (exact) mass is 389 g/mol. The molecule has 1 aliphatic heterocycles. The molecule has 0 saturated carbocycles. The van der Waals surface area contributed by atoms with Crippen LogP contribution in [-0.4, -0.2) is 51.8 Å². The molecule has 3 N–H and O–H groups in total. The van der Waals surface area contributed by atoms with Crippen molar-refractivity contribution in [2.24, 2.45) is 0 Å². The summed E-state index contributed by atoms with van der Waals surface area (Å²) in [5, 5.41) is 3.63. The summed E-state index contributed by atoms with van der Waals surface area (Å²) in [4.78, 5) is 15.2. The van der Waals surface area contributed by atoms with E-state index in [9.17, 15) is 4.79 Å². The Morgan fingerprint density at radius 2 is 1.78 bits per heavy atom. The van der Waals surface area contributed by atoms with Crippen molar-refractivity contribution in [1.29, 1.82) is 0 Å². The minimum absolute atomic E-state index is 0.0474. The van der Waals surface area contributed by atoms with Crippen LogP contribution in [0.1, 0.15) is 5.56 Å². The highest BCUT2D eigenvalue weighted by Gasteiger charge is 2.24. The van der Waals surface area contributed by atoms with E-state index in [0.29, 0.717) is 11.6 Å². The van der Waals surface area contributed by atoms with E-state index >= 15 is 0 Å². The van der Waals surface area contributed by atoms with Gasteiger partial charge in [-0.1, -0.05) is 35.9 Å². The number of carbonyl (C=O) groups is 1. The van der Waals surface area contributed by atoms with Crippen molar-refractivity contribution in [2.75, 3.05) is 51.2 Å². The van der Waals surface area contributed by atoms with Gasteiger partial charge in [-0.2, -0.15) is 0 Å². The molecule has 3 rings (SSSR count). The lowest BCUT2D eigenvalue weighted by molar-refractivity contribution is -1.01. The zero-order valence-electron chi connectivity index (χ0n) is 15.8. The van der Waals surface area contributed by atoms with E-state index in [1.807, 2.05) is 49.4 Å². The van der Waals surface area contributed by atoms with Gasteiger partial charge in [0.2, 0.25) is 0 Å². The van der Waals surface area contributed by atoms with Crippen LogP contribution in [0.2, 0.25) is 5.02 Å². The van der Waals surface area contributed by atoms with Gasteiger partial charge in [0.15, 0.2) is 6.54 Å². The fraction of sp³-hybridized carbons (Fsp3) is 0.381. The maximum atomic E-state index is 12.4. The van der Waals surface area contributed by atoms with E-state index in [4.69, 9.17) is 16.3 Å². The number of ether oxygens (including phenoxy) is 1. The van der Waals surface area contributed by atoms with Crippen LogP contribution < -0.4 is 19.9 Å². The van der Waals surface area contributed by atoms with Crippen LogP contribution in [0.3, 0.4) is 0 Å². The third kappa shape index (κ3) is 6.24. The normalized spacial score (nSPS) is 19.5. The molecule has 1 saturated heterocycles. The second-order valence-corrected chi connectivity index (χ2v) is 7.53. The lowest BCUT2D eigenvalue weighted by atomic mass is 10.2. The molecule has 0 atom stereocenters. The largest absolute Gasteiger partial charge is 0.488 e. The molecule has 1 amide bonds. The Bertz CT molecular complexity index is 746. The fourth-order valence-electron chi connectivity index (χ4n) is 3.36. The molecule has 5 nitrogen and oxygen atoms in total. The van der Waals surface area contributed by atoms with Crippen molar-refractivity contribution < 1.29 is 19.3 Å². The molecular weight excluding hydrogens is 362 g/mol. The Kier molecular flexibility index (Phi) is 7.10. The third-order valence-electron chi connectivity index (χ3n) is 5.02. The van der Waals surface area contributed by atoms with Crippen LogP contribution in [0.25, 0.3) is 0 Å². The molecule has 1 fully saturated rings. The quantitative estimate of drug-likeness (QED) is 0.644. The van der Waals surface area contributed by atoms with Gasteiger partial charge in [0, 0.05) is 10.7 Å². The number of para-hydroxylation sites is 1. The second-order valence-electron chi connectivity index (χ2n) is 7.10. The summed E-state index contributed by atoms with van der Waals surface area (Å²) in [5.41, 5.74) is 1.82. The van der Waals surface area contributed by atoms with Crippen molar-refractivity contribution in [3.05, 3.63) is 59.1 Å². The molecule has 0 unspecified atom stereocenters. The van der Waals surface area contributed by atoms with Crippen LogP contribution in [0.15, 0.2) is 48.5 Å². The zero-order chi connectivity index (χ0) is 19.1. The van der Waals surface area contributed by atoms with Gasteiger partial charge in [-0.25, -0.2) is 0 Å². The number of quaternary nitrogens is 2. The van der Waals surface area contributed by atoms with Gasteiger partial charge in [0.05, 0.1) is 0 Å². The van der Waals surface area contributed by atoms with Crippen LogP contribution in [0, 0.1) is 6.92 Å². The van der Waals surface area contributed by atoms with Crippen LogP contribution >= 0.6 is 11.6 Å². The lowest BCUT2D eigenvalue weighted by Gasteiger charge is -2.29. The number of hydrogen-bond acceptors (Lipinski definition) is 2. The van der Waals surface area contributed by atoms with Crippen molar-refractivity contribution in [2.45, 2.75) is 6.92 Å². The summed E-state index contributed by atoms with van der Waals surface area (Å²) >= 11 is 6.02. The molecule has 27 heavy (non-hydrogen) atoms. The van der Waals surface area contributed by atoms with Gasteiger partial charge < -0.3 is 19.9 Å². The van der Waals surface area contributed by atoms with E-state index in [1.165, 1.54) is 4.90 Å². The van der Waals surface area contributed by atoms with Gasteiger partial charge in [0.1, 0.15) is 45.1 Å². The summed E-state index contributed by atoms with van der Waals surface area (Å²) in [6.45, 7) is 8.33. The van der Waals surface area contributed by atoms with E-state index in [0.717, 1.165) is 56.3 Å². The van der Waals surface area contributed by atoms with Gasteiger partial charge in [-0.3, -0.25) is 4.79 Å². The first-order valence-corrected chi connectivity index (χ1v) is 9.89. The number of benzene rings is 2. The molecule has 0 aromatic heterocycles. The van der Waals surface area contributed by atoms with E-state index in [2.05, 4.69) is 5.32 Å². The Balaban J connectivity index is 1.36. The molecule has 6 heteroatoms. The molecule has 1 heterocycles. The number of rotatable bonds is 7. The predicted octanol–water partition coefficient (Wildman–Crippen LogP) is 0.449. The first-order chi connectivity index (χ1) is 13.1. The molecule has 2 aromatic carbocycles. The first-order valence-electron chi connectivity index (χ1n) is 9.51. The maximum absolute atomic E-state index is 12.4. The zero-order valence-corrected chi connectivity index (χ0v) is 16.5. The Labute approximate surface area is 165 Å². The van der Waals surface area contributed by atoms with Crippen LogP contribution in [0.5, 0.6) is 5.75 Å². The summed E-state index contributed by atoms with van der Waals surface area (Å²) < 4.78 is 5.78. The van der Waals surface area contributed by atoms with Gasteiger partial charge in [-0.05, 0) is 36.8 Å². The molecule has 144 valence electrons. The van der Waals surface area contributed by atoms with Crippen molar-refractivity contribution in [3.63, 3.8) is 0 Å². The van der Waals surface area contributed by atoms with Crippen LogP contribution in [-0.2, 0) is 4.79 Å². The summed E-state index contributed by atoms with van der Waals surface area (Å²) in [7, 11) is 0. The number of piperazine rings is 1. The molecule has 0 radical (unpaired) electrons. The Morgan fingerprint density at radius 3 is 2.52 bits per heavy atom. The predicted molar refractivity (Wildman–Crippen MR) is 108 cm³/mol. The standard InChI is InChI=1S/C21H26ClN3O2/c1-17-7-8-18(22)15-20(17)23-21(26)16-25-11-9-24(10-12-25)13-14-27-19-5-3-2-4-6-19/h2-8,15H,9-14,16H2,1H3,(H,23,26)/p+2. The number of nitrogens with one attached hydrogen (secondary N) is 3. The molecule has 0 spiro atoms. The van der Waals surface area contributed by atoms with Crippen molar-refractivity contribution >= 4 is 23.2 Å². The molecule has 2 aromatic rings. The van der Waals surface area contributed by atoms with Gasteiger partial charge in [-0.15, -0.1) is 0 Å². The number of halogens is 1. The highest BCUT2D eigenvalue weighted by Crippen LogP contribution is 2.19. The number of anilines is 1. The maximum Gasteiger partial charge on any atom is 0.279 e. The second kappa shape index (κ2) is 9.74. The van der Waals surface area contributed by atoms with Crippen LogP contribution in [0.4, 0.5) is 5.69 Å². The van der Waals surface area contributed by atoms with Crippen molar-refractivity contribution in [1.82, 2.24) is 0 Å². The molecular formula is C21H28ClN3O2+2. The lowest BCUT2D eigenvalue weighted by Crippen LogP contribution is -3.28. The Morgan fingerprint density at radius 1 is 1.07 bits per heavy atom. The summed E-state index contributed by atoms with van der Waals surface area (Å²) in [6, 6.07) is 15.5. The topological polar surface area (TPSA) is 47.2 Å². The van der Waals surface area contributed by atoms with E-state index in [-0.39, 0.29) is 5.91 Å². The van der Waals surface area contributed by atoms with Gasteiger partial charge in [0.25, 0.3) is 5.91 Å². The fourth-order valence-corrected chi connectivity index (χ4v) is 3.54. The third-order valence-corrected chi connectivity index (χ3v) is 5.25. The Hall–Kier alpha value is -2.08. The number of hydrogen-bond donors (Lipinski definition) is 3. The molecule has 1 aliphatic rings. The average molecular weight is 390 g/mol. The SMILES string of the molecule is Cc1ccc(Cl)cc1NC(=O)C[NH+]1CC[NH+](CCOc2ccccc2)CC1. The molecule has 0 aliphatic carbocycles. The average Bonchev–Trinajstić information content (AvgIpc) is 2.67. The number of carbonyl (C=O) groups excluding carboxylic acids is 1. The minimum Gasteiger partial charge on any atom is -0.488 e. The number of amides is 1.